The van der Waals surface area contributed by atoms with E-state index in [2.05, 4.69) is 11.2 Å². The quantitative estimate of drug-likeness (QED) is 0.830. The van der Waals surface area contributed by atoms with Gasteiger partial charge in [-0.05, 0) is 26.0 Å². The second kappa shape index (κ2) is 4.92. The van der Waals surface area contributed by atoms with E-state index < -0.39 is 0 Å². The SMILES string of the molecule is COc1ccccc1-c1nn(C(C)C)cc1C#N. The molecule has 4 heteroatoms. The topological polar surface area (TPSA) is 50.8 Å². The van der Waals surface area contributed by atoms with Crippen LogP contribution in [0.5, 0.6) is 5.75 Å². The number of nitriles is 1. The Labute approximate surface area is 106 Å². The lowest BCUT2D eigenvalue weighted by molar-refractivity contribution is 0.416. The molecule has 1 aromatic carbocycles. The van der Waals surface area contributed by atoms with Crippen LogP contribution in [0.1, 0.15) is 25.5 Å². The van der Waals surface area contributed by atoms with Crippen LogP contribution < -0.4 is 4.74 Å². The Hall–Kier alpha value is -2.28. The number of nitrogens with zero attached hydrogens (tertiary/aromatic N) is 3. The molecule has 0 radical (unpaired) electrons. The highest BCUT2D eigenvalue weighted by molar-refractivity contribution is 5.72. The van der Waals surface area contributed by atoms with Crippen molar-refractivity contribution in [2.75, 3.05) is 7.11 Å². The van der Waals surface area contributed by atoms with Gasteiger partial charge in [0, 0.05) is 17.8 Å². The van der Waals surface area contributed by atoms with Crippen LogP contribution >= 0.6 is 0 Å². The molecule has 0 spiro atoms. The molecule has 0 aliphatic rings. The average Bonchev–Trinajstić information content (AvgIpc) is 2.82. The van der Waals surface area contributed by atoms with E-state index in [1.165, 1.54) is 0 Å². The lowest BCUT2D eigenvalue weighted by atomic mass is 10.1. The third-order valence-corrected chi connectivity index (χ3v) is 2.74. The van der Waals surface area contributed by atoms with E-state index in [9.17, 15) is 5.26 Å². The maximum atomic E-state index is 9.19. The lowest BCUT2D eigenvalue weighted by Crippen LogP contribution is -2.00. The van der Waals surface area contributed by atoms with Crippen LogP contribution in [0, 0.1) is 11.3 Å². The molecule has 2 rings (SSSR count). The fourth-order valence-electron chi connectivity index (χ4n) is 1.78. The van der Waals surface area contributed by atoms with Gasteiger partial charge in [0.15, 0.2) is 0 Å². The fourth-order valence-corrected chi connectivity index (χ4v) is 1.78. The van der Waals surface area contributed by atoms with Crippen LogP contribution in [0.4, 0.5) is 0 Å². The van der Waals surface area contributed by atoms with Crippen LogP contribution in [-0.2, 0) is 0 Å². The zero-order valence-electron chi connectivity index (χ0n) is 10.7. The van der Waals surface area contributed by atoms with Crippen LogP contribution in [0.3, 0.4) is 0 Å². The van der Waals surface area contributed by atoms with Crippen LogP contribution in [0.15, 0.2) is 30.5 Å². The van der Waals surface area contributed by atoms with Crippen molar-refractivity contribution in [2.24, 2.45) is 0 Å². The number of hydrogen-bond acceptors (Lipinski definition) is 3. The van der Waals surface area contributed by atoms with E-state index in [0.29, 0.717) is 11.3 Å². The minimum absolute atomic E-state index is 0.223. The minimum Gasteiger partial charge on any atom is -0.496 e. The molecule has 0 atom stereocenters. The molecule has 0 saturated heterocycles. The van der Waals surface area contributed by atoms with E-state index in [-0.39, 0.29) is 6.04 Å². The Balaban J connectivity index is 2.60. The van der Waals surface area contributed by atoms with E-state index in [0.717, 1.165) is 11.3 Å². The Kier molecular flexibility index (Phi) is 3.33. The van der Waals surface area contributed by atoms with Crippen LogP contribution in [0.25, 0.3) is 11.3 Å². The van der Waals surface area contributed by atoms with Crippen molar-refractivity contribution < 1.29 is 4.74 Å². The molecule has 1 aromatic heterocycles. The molecule has 0 fully saturated rings. The van der Waals surface area contributed by atoms with Crippen molar-refractivity contribution in [1.82, 2.24) is 9.78 Å². The molecule has 0 aliphatic carbocycles. The lowest BCUT2D eigenvalue weighted by Gasteiger charge is -2.06. The maximum Gasteiger partial charge on any atom is 0.128 e. The first-order chi connectivity index (χ1) is 8.67. The number of hydrogen-bond donors (Lipinski definition) is 0. The van der Waals surface area contributed by atoms with Gasteiger partial charge in [-0.1, -0.05) is 12.1 Å². The molecule has 92 valence electrons. The summed E-state index contributed by atoms with van der Waals surface area (Å²) in [5.41, 5.74) is 2.08. The van der Waals surface area contributed by atoms with Gasteiger partial charge in [-0.25, -0.2) is 0 Å². The molecular weight excluding hydrogens is 226 g/mol. The first-order valence-corrected chi connectivity index (χ1v) is 5.80. The minimum atomic E-state index is 0.223. The number of ether oxygens (including phenoxy) is 1. The zero-order chi connectivity index (χ0) is 13.1. The Bertz CT molecular complexity index is 593. The molecule has 0 bridgehead atoms. The standard InChI is InChI=1S/C14H15N3O/c1-10(2)17-9-11(8-15)14(16-17)12-6-4-5-7-13(12)18-3/h4-7,9-10H,1-3H3. The normalized spacial score (nSPS) is 10.4. The average molecular weight is 241 g/mol. The molecule has 2 aromatic rings. The molecule has 0 N–H and O–H groups in total. The molecule has 4 nitrogen and oxygen atoms in total. The van der Waals surface area contributed by atoms with Crippen molar-refractivity contribution in [3.8, 4) is 23.1 Å². The summed E-state index contributed by atoms with van der Waals surface area (Å²) in [6.07, 6.45) is 1.77. The van der Waals surface area contributed by atoms with E-state index in [1.54, 1.807) is 18.0 Å². The second-order valence-corrected chi connectivity index (χ2v) is 4.28. The Morgan fingerprint density at radius 3 is 2.67 bits per heavy atom. The highest BCUT2D eigenvalue weighted by Gasteiger charge is 2.15. The van der Waals surface area contributed by atoms with Gasteiger partial charge in [0.2, 0.25) is 0 Å². The van der Waals surface area contributed by atoms with Crippen molar-refractivity contribution in [2.45, 2.75) is 19.9 Å². The van der Waals surface area contributed by atoms with Crippen LogP contribution in [0.2, 0.25) is 0 Å². The number of benzene rings is 1. The van der Waals surface area contributed by atoms with Gasteiger partial charge in [-0.15, -0.1) is 0 Å². The van der Waals surface area contributed by atoms with Crippen LogP contribution in [-0.4, -0.2) is 16.9 Å². The molecule has 0 aliphatic heterocycles. The predicted octanol–water partition coefficient (Wildman–Crippen LogP) is 3.01. The highest BCUT2D eigenvalue weighted by Crippen LogP contribution is 2.31. The largest absolute Gasteiger partial charge is 0.496 e. The number of aromatic nitrogens is 2. The summed E-state index contributed by atoms with van der Waals surface area (Å²) in [5.74, 6) is 0.725. The van der Waals surface area contributed by atoms with Gasteiger partial charge in [-0.2, -0.15) is 10.4 Å². The van der Waals surface area contributed by atoms with Crippen molar-refractivity contribution in [1.29, 1.82) is 5.26 Å². The fraction of sp³-hybridized carbons (Fsp3) is 0.286. The van der Waals surface area contributed by atoms with Crippen molar-refractivity contribution in [3.05, 3.63) is 36.0 Å². The van der Waals surface area contributed by atoms with Crippen molar-refractivity contribution in [3.63, 3.8) is 0 Å². The first-order valence-electron chi connectivity index (χ1n) is 5.80. The number of methoxy groups -OCH3 is 1. The smallest absolute Gasteiger partial charge is 0.128 e. The third kappa shape index (κ3) is 2.07. The van der Waals surface area contributed by atoms with Gasteiger partial charge in [-0.3, -0.25) is 4.68 Å². The van der Waals surface area contributed by atoms with Gasteiger partial charge in [0.1, 0.15) is 17.5 Å². The van der Waals surface area contributed by atoms with Crippen molar-refractivity contribution >= 4 is 0 Å². The predicted molar refractivity (Wildman–Crippen MR) is 69.3 cm³/mol. The Morgan fingerprint density at radius 2 is 2.06 bits per heavy atom. The second-order valence-electron chi connectivity index (χ2n) is 4.28. The highest BCUT2D eigenvalue weighted by atomic mass is 16.5. The summed E-state index contributed by atoms with van der Waals surface area (Å²) in [6.45, 7) is 4.06. The monoisotopic (exact) mass is 241 g/mol. The summed E-state index contributed by atoms with van der Waals surface area (Å²) in [5, 5.41) is 13.7. The molecule has 18 heavy (non-hydrogen) atoms. The molecule has 0 unspecified atom stereocenters. The molecule has 1 heterocycles. The Morgan fingerprint density at radius 1 is 1.33 bits per heavy atom. The summed E-state index contributed by atoms with van der Waals surface area (Å²) < 4.78 is 7.10. The van der Waals surface area contributed by atoms with E-state index in [1.807, 2.05) is 38.1 Å². The summed E-state index contributed by atoms with van der Waals surface area (Å²) in [6, 6.07) is 9.99. The maximum absolute atomic E-state index is 9.19. The van der Waals surface area contributed by atoms with Gasteiger partial charge in [0.25, 0.3) is 0 Å². The summed E-state index contributed by atoms with van der Waals surface area (Å²) >= 11 is 0. The summed E-state index contributed by atoms with van der Waals surface area (Å²) in [7, 11) is 1.62. The number of para-hydroxylation sites is 1. The van der Waals surface area contributed by atoms with E-state index in [4.69, 9.17) is 4.74 Å². The van der Waals surface area contributed by atoms with Gasteiger partial charge >= 0.3 is 0 Å². The molecular formula is C14H15N3O. The van der Waals surface area contributed by atoms with Gasteiger partial charge < -0.3 is 4.74 Å². The first kappa shape index (κ1) is 12.2. The molecule has 0 amide bonds. The van der Waals surface area contributed by atoms with E-state index >= 15 is 0 Å². The zero-order valence-corrected chi connectivity index (χ0v) is 10.7. The molecule has 0 saturated carbocycles. The van der Waals surface area contributed by atoms with Gasteiger partial charge in [0.05, 0.1) is 12.7 Å². The third-order valence-electron chi connectivity index (χ3n) is 2.74. The summed E-state index contributed by atoms with van der Waals surface area (Å²) in [4.78, 5) is 0. The number of rotatable bonds is 3.